The number of carbonyl (C=O) groups is 2. The van der Waals surface area contributed by atoms with Gasteiger partial charge in [-0.1, -0.05) is 0 Å². The van der Waals surface area contributed by atoms with E-state index in [1.165, 1.54) is 14.2 Å². The second-order valence-corrected chi connectivity index (χ2v) is 4.15. The molecule has 78 valence electrons. The molecule has 2 fully saturated rings. The molecule has 14 heavy (non-hydrogen) atoms. The Balaban J connectivity index is 2.22. The molecule has 0 bridgehead atoms. The van der Waals surface area contributed by atoms with Crippen molar-refractivity contribution in [3.63, 3.8) is 0 Å². The van der Waals surface area contributed by atoms with E-state index in [4.69, 9.17) is 9.47 Å². The largest absolute Gasteiger partial charge is 0.469 e. The monoisotopic (exact) mass is 198 g/mol. The summed E-state index contributed by atoms with van der Waals surface area (Å²) in [5.74, 6) is -0.499. The van der Waals surface area contributed by atoms with E-state index < -0.39 is 10.8 Å². The van der Waals surface area contributed by atoms with Crippen LogP contribution in [0.2, 0.25) is 0 Å². The second kappa shape index (κ2) is 2.72. The number of carbonyl (C=O) groups excluding carboxylic acids is 2. The van der Waals surface area contributed by atoms with Gasteiger partial charge in [0.25, 0.3) is 0 Å². The maximum Gasteiger partial charge on any atom is 0.312 e. The van der Waals surface area contributed by atoms with Crippen LogP contribution in [0.25, 0.3) is 0 Å². The van der Waals surface area contributed by atoms with Gasteiger partial charge >= 0.3 is 11.9 Å². The van der Waals surface area contributed by atoms with Crippen molar-refractivity contribution < 1.29 is 19.1 Å². The van der Waals surface area contributed by atoms with E-state index in [2.05, 4.69) is 0 Å². The van der Waals surface area contributed by atoms with E-state index in [0.29, 0.717) is 0 Å². The van der Waals surface area contributed by atoms with Crippen LogP contribution in [-0.2, 0) is 19.1 Å². The molecule has 0 aromatic carbocycles. The molecule has 0 spiro atoms. The van der Waals surface area contributed by atoms with E-state index in [9.17, 15) is 9.59 Å². The van der Waals surface area contributed by atoms with Crippen LogP contribution in [0, 0.1) is 10.8 Å². The predicted octanol–water partition coefficient (Wildman–Crippen LogP) is 0.893. The quantitative estimate of drug-likeness (QED) is 0.632. The van der Waals surface area contributed by atoms with Crippen LogP contribution in [0.15, 0.2) is 0 Å². The van der Waals surface area contributed by atoms with Gasteiger partial charge in [0, 0.05) is 0 Å². The summed E-state index contributed by atoms with van der Waals surface area (Å²) in [5.41, 5.74) is -1.09. The highest BCUT2D eigenvalue weighted by Gasteiger charge is 2.74. The van der Waals surface area contributed by atoms with Gasteiger partial charge in [0.05, 0.1) is 25.0 Å². The summed E-state index contributed by atoms with van der Waals surface area (Å²) in [6.45, 7) is 0. The van der Waals surface area contributed by atoms with Crippen molar-refractivity contribution in [1.82, 2.24) is 0 Å². The molecule has 2 rings (SSSR count). The van der Waals surface area contributed by atoms with Gasteiger partial charge in [0.15, 0.2) is 0 Å². The molecule has 4 nitrogen and oxygen atoms in total. The average Bonchev–Trinajstić information content (AvgIpc) is 3.02. The minimum Gasteiger partial charge on any atom is -0.469 e. The van der Waals surface area contributed by atoms with Gasteiger partial charge in [-0.25, -0.2) is 0 Å². The predicted molar refractivity (Wildman–Crippen MR) is 47.4 cm³/mol. The van der Waals surface area contributed by atoms with Crippen molar-refractivity contribution in [2.24, 2.45) is 10.8 Å². The fraction of sp³-hybridized carbons (Fsp3) is 0.800. The van der Waals surface area contributed by atoms with E-state index in [0.717, 1.165) is 25.7 Å². The topological polar surface area (TPSA) is 52.6 Å². The Morgan fingerprint density at radius 2 is 1.14 bits per heavy atom. The molecule has 2 aliphatic carbocycles. The maximum atomic E-state index is 11.6. The van der Waals surface area contributed by atoms with Gasteiger partial charge in [-0.15, -0.1) is 0 Å². The van der Waals surface area contributed by atoms with Gasteiger partial charge in [-0.3, -0.25) is 9.59 Å². The number of methoxy groups -OCH3 is 2. The third-order valence-electron chi connectivity index (χ3n) is 3.57. The minimum absolute atomic E-state index is 0.250. The zero-order valence-electron chi connectivity index (χ0n) is 8.46. The lowest BCUT2D eigenvalue weighted by Crippen LogP contribution is -2.35. The van der Waals surface area contributed by atoms with E-state index in [1.807, 2.05) is 0 Å². The minimum atomic E-state index is -0.547. The lowest BCUT2D eigenvalue weighted by molar-refractivity contribution is -0.161. The van der Waals surface area contributed by atoms with Gasteiger partial charge in [0.1, 0.15) is 0 Å². The molecule has 0 N–H and O–H groups in total. The first-order valence-electron chi connectivity index (χ1n) is 4.80. The van der Waals surface area contributed by atoms with E-state index in [1.54, 1.807) is 0 Å². The summed E-state index contributed by atoms with van der Waals surface area (Å²) >= 11 is 0. The summed E-state index contributed by atoms with van der Waals surface area (Å²) in [6, 6.07) is 0. The molecule has 0 unspecified atom stereocenters. The highest BCUT2D eigenvalue weighted by atomic mass is 16.5. The molecule has 0 atom stereocenters. The molecule has 2 saturated carbocycles. The number of rotatable bonds is 3. The molecule has 0 amide bonds. The van der Waals surface area contributed by atoms with Crippen molar-refractivity contribution >= 4 is 11.9 Å². The third-order valence-corrected chi connectivity index (χ3v) is 3.57. The first-order valence-corrected chi connectivity index (χ1v) is 4.80. The Bertz CT molecular complexity index is 256. The summed E-state index contributed by atoms with van der Waals surface area (Å²) in [5, 5.41) is 0. The van der Waals surface area contributed by atoms with Gasteiger partial charge in [0.2, 0.25) is 0 Å². The molecule has 4 heteroatoms. The van der Waals surface area contributed by atoms with Crippen molar-refractivity contribution in [3.05, 3.63) is 0 Å². The summed E-state index contributed by atoms with van der Waals surface area (Å²) < 4.78 is 9.50. The third kappa shape index (κ3) is 0.938. The molecule has 2 aliphatic rings. The summed E-state index contributed by atoms with van der Waals surface area (Å²) in [7, 11) is 2.74. The fourth-order valence-corrected chi connectivity index (χ4v) is 2.40. The van der Waals surface area contributed by atoms with Crippen LogP contribution in [0.5, 0.6) is 0 Å². The summed E-state index contributed by atoms with van der Waals surface area (Å²) in [6.07, 6.45) is 3.03. The van der Waals surface area contributed by atoms with E-state index >= 15 is 0 Å². The van der Waals surface area contributed by atoms with Crippen LogP contribution >= 0.6 is 0 Å². The summed E-state index contributed by atoms with van der Waals surface area (Å²) in [4.78, 5) is 23.1. The van der Waals surface area contributed by atoms with Crippen LogP contribution in [-0.4, -0.2) is 26.2 Å². The van der Waals surface area contributed by atoms with Crippen molar-refractivity contribution in [2.45, 2.75) is 25.7 Å². The molecule has 0 aromatic rings. The Kier molecular flexibility index (Phi) is 1.84. The molecule has 0 aliphatic heterocycles. The van der Waals surface area contributed by atoms with Crippen molar-refractivity contribution in [3.8, 4) is 0 Å². The Labute approximate surface area is 82.6 Å². The molecular weight excluding hydrogens is 184 g/mol. The SMILES string of the molecule is COC(=O)C1(C2(C(=O)OC)CC2)CC1. The zero-order valence-corrected chi connectivity index (χ0v) is 8.46. The molecule has 0 saturated heterocycles. The normalized spacial score (nSPS) is 25.0. The zero-order chi connectivity index (χ0) is 10.4. The number of ether oxygens (including phenoxy) is 2. The van der Waals surface area contributed by atoms with Crippen molar-refractivity contribution in [2.75, 3.05) is 14.2 Å². The van der Waals surface area contributed by atoms with Gasteiger partial charge in [-0.2, -0.15) is 0 Å². The molecule has 0 radical (unpaired) electrons. The lowest BCUT2D eigenvalue weighted by Gasteiger charge is -2.21. The van der Waals surface area contributed by atoms with E-state index in [-0.39, 0.29) is 11.9 Å². The Morgan fingerprint density at radius 3 is 1.29 bits per heavy atom. The molecule has 0 aromatic heterocycles. The second-order valence-electron chi connectivity index (χ2n) is 4.15. The standard InChI is InChI=1S/C10H14O4/c1-13-7(11)9(3-4-9)10(5-6-10)8(12)14-2/h3-6H2,1-2H3. The van der Waals surface area contributed by atoms with Crippen LogP contribution in [0.4, 0.5) is 0 Å². The van der Waals surface area contributed by atoms with Crippen LogP contribution < -0.4 is 0 Å². The smallest absolute Gasteiger partial charge is 0.312 e. The molecule has 0 heterocycles. The fourth-order valence-electron chi connectivity index (χ4n) is 2.40. The highest BCUT2D eigenvalue weighted by Crippen LogP contribution is 2.71. The first-order chi connectivity index (χ1) is 6.63. The van der Waals surface area contributed by atoms with Crippen LogP contribution in [0.1, 0.15) is 25.7 Å². The maximum absolute atomic E-state index is 11.6. The first kappa shape index (κ1) is 9.49. The average molecular weight is 198 g/mol. The lowest BCUT2D eigenvalue weighted by atomic mass is 9.85. The Morgan fingerprint density at radius 1 is 0.857 bits per heavy atom. The number of hydrogen-bond acceptors (Lipinski definition) is 4. The van der Waals surface area contributed by atoms with Gasteiger partial charge < -0.3 is 9.47 Å². The van der Waals surface area contributed by atoms with Crippen molar-refractivity contribution in [1.29, 1.82) is 0 Å². The molecular formula is C10H14O4. The highest BCUT2D eigenvalue weighted by molar-refractivity contribution is 5.92. The Hall–Kier alpha value is -1.06. The number of hydrogen-bond donors (Lipinski definition) is 0. The number of esters is 2. The van der Waals surface area contributed by atoms with Gasteiger partial charge in [-0.05, 0) is 25.7 Å². The van der Waals surface area contributed by atoms with Crippen LogP contribution in [0.3, 0.4) is 0 Å².